The van der Waals surface area contributed by atoms with Crippen LogP contribution in [0.3, 0.4) is 0 Å². The Labute approximate surface area is 175 Å². The monoisotopic (exact) mass is 412 g/mol. The highest BCUT2D eigenvalue weighted by Crippen LogP contribution is 2.37. The number of thioether (sulfide) groups is 1. The molecule has 2 aromatic rings. The summed E-state index contributed by atoms with van der Waals surface area (Å²) in [6.45, 7) is 4.08. The van der Waals surface area contributed by atoms with Crippen LogP contribution < -0.4 is 10.1 Å². The Hall–Kier alpha value is -2.78. The van der Waals surface area contributed by atoms with Crippen LogP contribution >= 0.6 is 11.8 Å². The number of rotatable bonds is 11. The number of ether oxygens (including phenoxy) is 3. The lowest BCUT2D eigenvalue weighted by Crippen LogP contribution is -2.05. The Morgan fingerprint density at radius 1 is 1.07 bits per heavy atom. The summed E-state index contributed by atoms with van der Waals surface area (Å²) in [4.78, 5) is 4.50. The molecule has 1 aromatic heterocycles. The molecule has 152 valence electrons. The van der Waals surface area contributed by atoms with E-state index < -0.39 is 0 Å². The van der Waals surface area contributed by atoms with Crippen LogP contribution in [0.5, 0.6) is 5.75 Å². The molecule has 0 amide bonds. The van der Waals surface area contributed by atoms with Gasteiger partial charge in [-0.25, -0.2) is 4.98 Å². The standard InChI is InChI=1S/C21H24N4O3S/c1-4-27-11-12-29-21-18(14-23)19(17(13-22)20(24-2)25-21)15-5-7-16(8-6-15)28-10-9-26-3/h5-8H,4,9-12H2,1-3H3,(H,24,25). The second-order valence-electron chi connectivity index (χ2n) is 5.78. The summed E-state index contributed by atoms with van der Waals surface area (Å²) in [5.74, 6) is 1.80. The van der Waals surface area contributed by atoms with E-state index >= 15 is 0 Å². The van der Waals surface area contributed by atoms with Crippen molar-refractivity contribution in [1.29, 1.82) is 10.5 Å². The average Bonchev–Trinajstić information content (AvgIpc) is 2.76. The fourth-order valence-corrected chi connectivity index (χ4v) is 3.49. The molecule has 1 N–H and O–H groups in total. The third-order valence-electron chi connectivity index (χ3n) is 3.99. The second-order valence-corrected chi connectivity index (χ2v) is 6.86. The molecule has 7 nitrogen and oxygen atoms in total. The molecule has 0 aliphatic heterocycles. The van der Waals surface area contributed by atoms with Gasteiger partial charge in [-0.15, -0.1) is 11.8 Å². The Morgan fingerprint density at radius 3 is 2.38 bits per heavy atom. The third kappa shape index (κ3) is 5.85. The number of nitrogens with zero attached hydrogens (tertiary/aromatic N) is 3. The van der Waals surface area contributed by atoms with E-state index in [1.54, 1.807) is 14.2 Å². The lowest BCUT2D eigenvalue weighted by atomic mass is 9.96. The summed E-state index contributed by atoms with van der Waals surface area (Å²) in [5, 5.41) is 23.1. The number of benzene rings is 1. The lowest BCUT2D eigenvalue weighted by Gasteiger charge is -2.15. The Morgan fingerprint density at radius 2 is 1.79 bits per heavy atom. The van der Waals surface area contributed by atoms with Crippen LogP contribution in [0.15, 0.2) is 29.3 Å². The maximum atomic E-state index is 9.84. The van der Waals surface area contributed by atoms with E-state index in [2.05, 4.69) is 22.4 Å². The van der Waals surface area contributed by atoms with Gasteiger partial charge in [0.2, 0.25) is 0 Å². The van der Waals surface area contributed by atoms with Crippen molar-refractivity contribution in [2.45, 2.75) is 11.9 Å². The van der Waals surface area contributed by atoms with Gasteiger partial charge in [0.15, 0.2) is 0 Å². The van der Waals surface area contributed by atoms with Gasteiger partial charge in [0.25, 0.3) is 0 Å². The van der Waals surface area contributed by atoms with Gasteiger partial charge >= 0.3 is 0 Å². The van der Waals surface area contributed by atoms with Crippen LogP contribution in [-0.4, -0.2) is 51.3 Å². The smallest absolute Gasteiger partial charge is 0.145 e. The van der Waals surface area contributed by atoms with Crippen molar-refractivity contribution in [1.82, 2.24) is 4.98 Å². The quantitative estimate of drug-likeness (QED) is 0.441. The summed E-state index contributed by atoms with van der Waals surface area (Å²) in [5.41, 5.74) is 2.04. The minimum atomic E-state index is 0.339. The normalized spacial score (nSPS) is 10.2. The Kier molecular flexibility index (Phi) is 9.26. The molecule has 1 heterocycles. The van der Waals surface area contributed by atoms with Crippen molar-refractivity contribution in [3.63, 3.8) is 0 Å². The molecule has 0 radical (unpaired) electrons. The molecule has 8 heteroatoms. The van der Waals surface area contributed by atoms with Crippen LogP contribution in [0.25, 0.3) is 11.1 Å². The lowest BCUT2D eigenvalue weighted by molar-refractivity contribution is 0.146. The van der Waals surface area contributed by atoms with E-state index in [0.717, 1.165) is 5.56 Å². The number of nitriles is 2. The number of anilines is 1. The molecule has 0 saturated carbocycles. The van der Waals surface area contributed by atoms with Gasteiger partial charge in [-0.1, -0.05) is 12.1 Å². The zero-order valence-electron chi connectivity index (χ0n) is 16.8. The Balaban J connectivity index is 2.45. The van der Waals surface area contributed by atoms with Crippen LogP contribution in [0.4, 0.5) is 5.82 Å². The first-order valence-electron chi connectivity index (χ1n) is 9.18. The summed E-state index contributed by atoms with van der Waals surface area (Å²) in [6, 6.07) is 11.7. The largest absolute Gasteiger partial charge is 0.491 e. The Bertz CT molecular complexity index is 889. The van der Waals surface area contributed by atoms with E-state index in [-0.39, 0.29) is 0 Å². The van der Waals surface area contributed by atoms with Crippen molar-refractivity contribution in [3.05, 3.63) is 35.4 Å². The number of hydrogen-bond acceptors (Lipinski definition) is 8. The molecular weight excluding hydrogens is 388 g/mol. The predicted octanol–water partition coefficient (Wildman–Crippen LogP) is 3.69. The maximum Gasteiger partial charge on any atom is 0.145 e. The van der Waals surface area contributed by atoms with Crippen LogP contribution in [0, 0.1) is 22.7 Å². The van der Waals surface area contributed by atoms with Gasteiger partial charge in [0.05, 0.1) is 18.8 Å². The molecular formula is C21H24N4O3S. The van der Waals surface area contributed by atoms with Gasteiger partial charge < -0.3 is 19.5 Å². The summed E-state index contributed by atoms with van der Waals surface area (Å²) in [6.07, 6.45) is 0. The molecule has 1 aromatic carbocycles. The first kappa shape index (κ1) is 22.5. The number of methoxy groups -OCH3 is 1. The van der Waals surface area contributed by atoms with Crippen LogP contribution in [-0.2, 0) is 9.47 Å². The summed E-state index contributed by atoms with van der Waals surface area (Å²) >= 11 is 1.44. The zero-order valence-corrected chi connectivity index (χ0v) is 17.6. The highest BCUT2D eigenvalue weighted by molar-refractivity contribution is 7.99. The number of pyridine rings is 1. The van der Waals surface area contributed by atoms with E-state index in [4.69, 9.17) is 14.2 Å². The van der Waals surface area contributed by atoms with Gasteiger partial charge in [0, 0.05) is 32.1 Å². The minimum absolute atomic E-state index is 0.339. The number of hydrogen-bond donors (Lipinski definition) is 1. The van der Waals surface area contributed by atoms with Crippen molar-refractivity contribution < 1.29 is 14.2 Å². The van der Waals surface area contributed by atoms with Gasteiger partial charge in [-0.3, -0.25) is 0 Å². The number of aromatic nitrogens is 1. The van der Waals surface area contributed by atoms with Gasteiger partial charge in [-0.2, -0.15) is 10.5 Å². The average molecular weight is 413 g/mol. The number of nitrogens with one attached hydrogen (secondary N) is 1. The molecule has 0 atom stereocenters. The SMILES string of the molecule is CCOCCSc1nc(NC)c(C#N)c(-c2ccc(OCCOC)cc2)c1C#N. The van der Waals surface area contributed by atoms with E-state index in [0.29, 0.717) is 65.5 Å². The maximum absolute atomic E-state index is 9.84. The third-order valence-corrected chi connectivity index (χ3v) is 4.93. The van der Waals surface area contributed by atoms with Crippen molar-refractivity contribution >= 4 is 17.6 Å². The topological polar surface area (TPSA) is 100 Å². The highest BCUT2D eigenvalue weighted by atomic mass is 32.2. The minimum Gasteiger partial charge on any atom is -0.491 e. The first-order chi connectivity index (χ1) is 14.2. The molecule has 29 heavy (non-hydrogen) atoms. The van der Waals surface area contributed by atoms with Crippen molar-refractivity contribution in [2.75, 3.05) is 51.7 Å². The van der Waals surface area contributed by atoms with E-state index in [1.165, 1.54) is 11.8 Å². The fourth-order valence-electron chi connectivity index (χ4n) is 2.65. The predicted molar refractivity (Wildman–Crippen MR) is 113 cm³/mol. The molecule has 0 unspecified atom stereocenters. The van der Waals surface area contributed by atoms with Crippen LogP contribution in [0.1, 0.15) is 18.1 Å². The van der Waals surface area contributed by atoms with Crippen molar-refractivity contribution in [2.24, 2.45) is 0 Å². The highest BCUT2D eigenvalue weighted by Gasteiger charge is 2.21. The zero-order chi connectivity index (χ0) is 21.1. The van der Waals surface area contributed by atoms with Gasteiger partial charge in [0.1, 0.15) is 40.9 Å². The molecule has 0 aliphatic carbocycles. The van der Waals surface area contributed by atoms with E-state index in [9.17, 15) is 10.5 Å². The summed E-state index contributed by atoms with van der Waals surface area (Å²) < 4.78 is 16.0. The molecule has 0 spiro atoms. The van der Waals surface area contributed by atoms with Gasteiger partial charge in [-0.05, 0) is 24.6 Å². The second kappa shape index (κ2) is 11.9. The first-order valence-corrected chi connectivity index (χ1v) is 10.2. The summed E-state index contributed by atoms with van der Waals surface area (Å²) in [7, 11) is 3.33. The fraction of sp³-hybridized carbons (Fsp3) is 0.381. The molecule has 0 bridgehead atoms. The van der Waals surface area contributed by atoms with Crippen LogP contribution in [0.2, 0.25) is 0 Å². The molecule has 0 fully saturated rings. The van der Waals surface area contributed by atoms with E-state index in [1.807, 2.05) is 31.2 Å². The molecule has 0 saturated heterocycles. The molecule has 2 rings (SSSR count). The molecule has 0 aliphatic rings. The van der Waals surface area contributed by atoms with Crippen molar-refractivity contribution in [3.8, 4) is 29.0 Å².